The summed E-state index contributed by atoms with van der Waals surface area (Å²) in [7, 11) is 0. The van der Waals surface area contributed by atoms with Crippen molar-refractivity contribution in [2.24, 2.45) is 0 Å². The first-order valence-corrected chi connectivity index (χ1v) is 12.6. The van der Waals surface area contributed by atoms with Crippen LogP contribution in [0.25, 0.3) is 5.57 Å². The van der Waals surface area contributed by atoms with Crippen LogP contribution in [0.2, 0.25) is 0 Å². The highest BCUT2D eigenvalue weighted by Crippen LogP contribution is 2.31. The molecule has 0 fully saturated rings. The van der Waals surface area contributed by atoms with Crippen LogP contribution in [0.4, 0.5) is 0 Å². The molecule has 0 atom stereocenters. The third-order valence-corrected chi connectivity index (χ3v) is 5.09. The van der Waals surface area contributed by atoms with Crippen molar-refractivity contribution in [2.45, 2.75) is 88.5 Å². The summed E-state index contributed by atoms with van der Waals surface area (Å²) < 4.78 is 0. The van der Waals surface area contributed by atoms with Crippen LogP contribution in [0, 0.1) is 20.8 Å². The largest absolute Gasteiger partial charge is 0.0955 e. The standard InChI is InChI=1S/C17H20.C10H12.3C2H6/c1-13-5-9-15(10-6-13)17(3,4)16-11-7-14(2)8-12-16;1-8(2)10-6-4-9(3)5-7-10;3*1-2/h5-12H,1-4H3;4-7H,1H2,2-3H3;3*1-2H3. The Labute approximate surface area is 206 Å². The van der Waals surface area contributed by atoms with E-state index in [4.69, 9.17) is 0 Å². The molecule has 0 nitrogen and oxygen atoms in total. The number of allylic oxidation sites excluding steroid dienone is 1. The molecule has 0 aliphatic rings. The predicted molar refractivity (Wildman–Crippen MR) is 154 cm³/mol. The van der Waals surface area contributed by atoms with Crippen LogP contribution in [-0.2, 0) is 5.41 Å². The zero-order valence-electron chi connectivity index (χ0n) is 23.6. The average Bonchev–Trinajstić information content (AvgIpc) is 2.84. The first kappa shape index (κ1) is 32.6. The Morgan fingerprint density at radius 2 is 0.758 bits per heavy atom. The lowest BCUT2D eigenvalue weighted by atomic mass is 9.78. The molecule has 3 aromatic carbocycles. The predicted octanol–water partition coefficient (Wildman–Crippen LogP) is 10.7. The van der Waals surface area contributed by atoms with Gasteiger partial charge in [0.15, 0.2) is 0 Å². The topological polar surface area (TPSA) is 0 Å². The molecular weight excluding hydrogens is 396 g/mol. The molecule has 0 radical (unpaired) electrons. The van der Waals surface area contributed by atoms with Gasteiger partial charge in [-0.2, -0.15) is 0 Å². The van der Waals surface area contributed by atoms with Crippen molar-refractivity contribution in [3.63, 3.8) is 0 Å². The van der Waals surface area contributed by atoms with Gasteiger partial charge < -0.3 is 0 Å². The molecule has 0 aromatic heterocycles. The van der Waals surface area contributed by atoms with Crippen molar-refractivity contribution in [3.8, 4) is 0 Å². The molecule has 0 unspecified atom stereocenters. The Hall–Kier alpha value is -2.60. The molecule has 0 saturated heterocycles. The van der Waals surface area contributed by atoms with Gasteiger partial charge >= 0.3 is 0 Å². The van der Waals surface area contributed by atoms with Crippen molar-refractivity contribution < 1.29 is 0 Å². The lowest BCUT2D eigenvalue weighted by Crippen LogP contribution is -2.18. The minimum absolute atomic E-state index is 0.0708. The van der Waals surface area contributed by atoms with Crippen LogP contribution >= 0.6 is 0 Å². The maximum Gasteiger partial charge on any atom is 0.0146 e. The summed E-state index contributed by atoms with van der Waals surface area (Å²) in [6.45, 7) is 28.8. The highest BCUT2D eigenvalue weighted by molar-refractivity contribution is 5.61. The fourth-order valence-electron chi connectivity index (χ4n) is 2.95. The third kappa shape index (κ3) is 11.7. The van der Waals surface area contributed by atoms with Crippen LogP contribution < -0.4 is 0 Å². The molecule has 0 saturated carbocycles. The molecule has 182 valence electrons. The van der Waals surface area contributed by atoms with E-state index in [0.717, 1.165) is 5.57 Å². The Bertz CT molecular complexity index is 813. The summed E-state index contributed by atoms with van der Waals surface area (Å²) in [6.07, 6.45) is 0. The molecule has 0 aliphatic carbocycles. The number of hydrogen-bond donors (Lipinski definition) is 0. The minimum atomic E-state index is 0.0708. The van der Waals surface area contributed by atoms with Gasteiger partial charge in [0.1, 0.15) is 0 Å². The lowest BCUT2D eigenvalue weighted by molar-refractivity contribution is 0.640. The minimum Gasteiger partial charge on any atom is -0.0955 e. The van der Waals surface area contributed by atoms with Crippen LogP contribution in [-0.4, -0.2) is 0 Å². The molecule has 33 heavy (non-hydrogen) atoms. The van der Waals surface area contributed by atoms with Crippen molar-refractivity contribution in [3.05, 3.63) is 113 Å². The Balaban J connectivity index is 0. The molecule has 3 rings (SSSR count). The zero-order chi connectivity index (χ0) is 26.0. The van der Waals surface area contributed by atoms with E-state index in [-0.39, 0.29) is 5.41 Å². The smallest absolute Gasteiger partial charge is 0.0146 e. The van der Waals surface area contributed by atoms with E-state index in [1.165, 1.54) is 33.4 Å². The molecule has 0 heteroatoms. The fourth-order valence-corrected chi connectivity index (χ4v) is 2.95. The van der Waals surface area contributed by atoms with Gasteiger partial charge in [0, 0.05) is 5.41 Å². The normalized spacial score (nSPS) is 9.33. The highest BCUT2D eigenvalue weighted by Gasteiger charge is 2.22. The van der Waals surface area contributed by atoms with Gasteiger partial charge in [-0.05, 0) is 44.4 Å². The van der Waals surface area contributed by atoms with E-state index in [0.29, 0.717) is 0 Å². The van der Waals surface area contributed by atoms with Crippen molar-refractivity contribution in [1.29, 1.82) is 0 Å². The zero-order valence-corrected chi connectivity index (χ0v) is 23.6. The summed E-state index contributed by atoms with van der Waals surface area (Å²) >= 11 is 0. The molecular formula is C33H50. The monoisotopic (exact) mass is 446 g/mol. The second kappa shape index (κ2) is 17.9. The van der Waals surface area contributed by atoms with E-state index >= 15 is 0 Å². The van der Waals surface area contributed by atoms with Crippen molar-refractivity contribution in [2.75, 3.05) is 0 Å². The summed E-state index contributed by atoms with van der Waals surface area (Å²) in [5.41, 5.74) is 9.08. The molecule has 3 aromatic rings. The van der Waals surface area contributed by atoms with Gasteiger partial charge in [-0.3, -0.25) is 0 Å². The number of rotatable bonds is 3. The molecule has 0 aliphatic heterocycles. The van der Waals surface area contributed by atoms with E-state index in [1.807, 2.05) is 48.5 Å². The maximum atomic E-state index is 3.86. The first-order valence-electron chi connectivity index (χ1n) is 12.6. The van der Waals surface area contributed by atoms with E-state index in [9.17, 15) is 0 Å². The SMILES string of the molecule is C=C(C)c1ccc(C)cc1.CC.CC.CC.Cc1ccc(C(C)(C)c2ccc(C)cc2)cc1. The maximum absolute atomic E-state index is 3.86. The number of aryl methyl sites for hydroxylation is 3. The highest BCUT2D eigenvalue weighted by atomic mass is 14.3. The Morgan fingerprint density at radius 3 is 1.00 bits per heavy atom. The fraction of sp³-hybridized carbons (Fsp3) is 0.394. The molecule has 0 amide bonds. The third-order valence-electron chi connectivity index (χ3n) is 5.09. The average molecular weight is 447 g/mol. The summed E-state index contributed by atoms with van der Waals surface area (Å²) in [5.74, 6) is 0. The summed E-state index contributed by atoms with van der Waals surface area (Å²) in [4.78, 5) is 0. The quantitative estimate of drug-likeness (QED) is 0.375. The number of benzene rings is 3. The molecule has 0 heterocycles. The van der Waals surface area contributed by atoms with Gasteiger partial charge in [-0.15, -0.1) is 0 Å². The number of hydrogen-bond acceptors (Lipinski definition) is 0. The van der Waals surface area contributed by atoms with E-state index < -0.39 is 0 Å². The van der Waals surface area contributed by atoms with Crippen molar-refractivity contribution in [1.82, 2.24) is 0 Å². The van der Waals surface area contributed by atoms with Gasteiger partial charge in [-0.25, -0.2) is 0 Å². The molecule has 0 N–H and O–H groups in total. The second-order valence-electron chi connectivity index (χ2n) is 8.00. The lowest BCUT2D eigenvalue weighted by Gasteiger charge is -2.26. The molecule has 0 bridgehead atoms. The van der Waals surface area contributed by atoms with Crippen LogP contribution in [0.3, 0.4) is 0 Å². The Morgan fingerprint density at radius 1 is 0.515 bits per heavy atom. The van der Waals surface area contributed by atoms with Gasteiger partial charge in [0.05, 0.1) is 0 Å². The van der Waals surface area contributed by atoms with Crippen LogP contribution in [0.5, 0.6) is 0 Å². The van der Waals surface area contributed by atoms with Crippen LogP contribution in [0.1, 0.15) is 95.7 Å². The van der Waals surface area contributed by atoms with E-state index in [2.05, 4.69) is 114 Å². The van der Waals surface area contributed by atoms with Gasteiger partial charge in [0.2, 0.25) is 0 Å². The molecule has 0 spiro atoms. The van der Waals surface area contributed by atoms with Crippen molar-refractivity contribution >= 4 is 5.57 Å². The van der Waals surface area contributed by atoms with Crippen LogP contribution in [0.15, 0.2) is 79.4 Å². The van der Waals surface area contributed by atoms with Gasteiger partial charge in [-0.1, -0.05) is 157 Å². The Kier molecular flexibility index (Phi) is 17.7. The van der Waals surface area contributed by atoms with Gasteiger partial charge in [0.25, 0.3) is 0 Å². The second-order valence-corrected chi connectivity index (χ2v) is 8.00. The summed E-state index contributed by atoms with van der Waals surface area (Å²) in [5, 5.41) is 0. The summed E-state index contributed by atoms with van der Waals surface area (Å²) in [6, 6.07) is 26.1. The van der Waals surface area contributed by atoms with E-state index in [1.54, 1.807) is 0 Å². The first-order chi connectivity index (χ1) is 15.7.